The summed E-state index contributed by atoms with van der Waals surface area (Å²) < 4.78 is 4.92. The summed E-state index contributed by atoms with van der Waals surface area (Å²) in [5.41, 5.74) is 0. The number of oxazole rings is 1. The van der Waals surface area contributed by atoms with Crippen molar-refractivity contribution in [2.75, 3.05) is 6.61 Å². The van der Waals surface area contributed by atoms with Crippen LogP contribution in [0.2, 0.25) is 0 Å². The highest BCUT2D eigenvalue weighted by Crippen LogP contribution is 2.09. The Morgan fingerprint density at radius 2 is 2.67 bits per heavy atom. The second-order valence-corrected chi connectivity index (χ2v) is 1.95. The molecular weight excluding hydrogens is 118 g/mol. The SMILES string of the molecule is CC(CO)c1ncco1. The third kappa shape index (κ3) is 1.29. The second kappa shape index (κ2) is 2.64. The zero-order valence-electron chi connectivity index (χ0n) is 5.24. The first-order valence-corrected chi connectivity index (χ1v) is 2.85. The number of nitrogens with zero attached hydrogens (tertiary/aromatic N) is 1. The van der Waals surface area contributed by atoms with Crippen molar-refractivity contribution in [2.45, 2.75) is 12.8 Å². The summed E-state index contributed by atoms with van der Waals surface area (Å²) in [6.07, 6.45) is 3.07. The largest absolute Gasteiger partial charge is 0.449 e. The lowest BCUT2D eigenvalue weighted by atomic mass is 10.2. The van der Waals surface area contributed by atoms with E-state index in [0.717, 1.165) is 0 Å². The summed E-state index contributed by atoms with van der Waals surface area (Å²) >= 11 is 0. The molecule has 1 N–H and O–H groups in total. The fraction of sp³-hybridized carbons (Fsp3) is 0.500. The summed E-state index contributed by atoms with van der Waals surface area (Å²) in [5, 5.41) is 8.61. The average molecular weight is 127 g/mol. The van der Waals surface area contributed by atoms with Gasteiger partial charge in [0.05, 0.1) is 18.7 Å². The lowest BCUT2D eigenvalue weighted by Gasteiger charge is -1.98. The quantitative estimate of drug-likeness (QED) is 0.638. The summed E-state index contributed by atoms with van der Waals surface area (Å²) in [7, 11) is 0. The maximum Gasteiger partial charge on any atom is 0.199 e. The molecule has 0 aliphatic carbocycles. The number of rotatable bonds is 2. The third-order valence-electron chi connectivity index (χ3n) is 1.15. The van der Waals surface area contributed by atoms with Crippen molar-refractivity contribution in [3.05, 3.63) is 18.4 Å². The van der Waals surface area contributed by atoms with Crippen LogP contribution in [0.4, 0.5) is 0 Å². The van der Waals surface area contributed by atoms with Crippen LogP contribution >= 0.6 is 0 Å². The molecule has 3 nitrogen and oxygen atoms in total. The Bertz CT molecular complexity index is 160. The van der Waals surface area contributed by atoms with E-state index in [9.17, 15) is 0 Å². The molecule has 1 aromatic rings. The van der Waals surface area contributed by atoms with Gasteiger partial charge in [-0.05, 0) is 0 Å². The minimum absolute atomic E-state index is 0.0139. The van der Waals surface area contributed by atoms with Crippen LogP contribution in [0.1, 0.15) is 18.7 Å². The van der Waals surface area contributed by atoms with Gasteiger partial charge in [-0.2, -0.15) is 0 Å². The monoisotopic (exact) mass is 127 g/mol. The molecule has 0 aromatic carbocycles. The predicted octanol–water partition coefficient (Wildman–Crippen LogP) is 0.770. The number of aliphatic hydroxyl groups is 1. The van der Waals surface area contributed by atoms with Gasteiger partial charge in [0.15, 0.2) is 5.89 Å². The van der Waals surface area contributed by atoms with Gasteiger partial charge < -0.3 is 9.52 Å². The molecule has 0 saturated heterocycles. The molecular formula is C6H9NO2. The Hall–Kier alpha value is -0.830. The van der Waals surface area contributed by atoms with E-state index in [1.807, 2.05) is 6.92 Å². The first-order chi connectivity index (χ1) is 4.34. The van der Waals surface area contributed by atoms with Crippen molar-refractivity contribution in [2.24, 2.45) is 0 Å². The third-order valence-corrected chi connectivity index (χ3v) is 1.15. The van der Waals surface area contributed by atoms with E-state index in [1.165, 1.54) is 6.26 Å². The van der Waals surface area contributed by atoms with E-state index in [0.29, 0.717) is 5.89 Å². The van der Waals surface area contributed by atoms with Crippen LogP contribution < -0.4 is 0 Å². The molecule has 9 heavy (non-hydrogen) atoms. The fourth-order valence-electron chi connectivity index (χ4n) is 0.556. The van der Waals surface area contributed by atoms with Crippen molar-refractivity contribution in [1.82, 2.24) is 4.98 Å². The van der Waals surface area contributed by atoms with Crippen molar-refractivity contribution in [3.63, 3.8) is 0 Å². The molecule has 0 fully saturated rings. The minimum Gasteiger partial charge on any atom is -0.449 e. The number of aromatic nitrogens is 1. The van der Waals surface area contributed by atoms with Crippen LogP contribution in [0.3, 0.4) is 0 Å². The Labute approximate surface area is 53.3 Å². The lowest BCUT2D eigenvalue weighted by molar-refractivity contribution is 0.254. The van der Waals surface area contributed by atoms with Crippen LogP contribution in [0, 0.1) is 0 Å². The summed E-state index contributed by atoms with van der Waals surface area (Å²) in [4.78, 5) is 3.86. The maximum atomic E-state index is 8.61. The van der Waals surface area contributed by atoms with Gasteiger partial charge in [-0.1, -0.05) is 6.92 Å². The predicted molar refractivity (Wildman–Crippen MR) is 32.0 cm³/mol. The molecule has 0 aliphatic rings. The van der Waals surface area contributed by atoms with Crippen LogP contribution in [0.15, 0.2) is 16.9 Å². The molecule has 1 atom stereocenters. The molecule has 50 valence electrons. The van der Waals surface area contributed by atoms with Crippen molar-refractivity contribution in [1.29, 1.82) is 0 Å². The first kappa shape index (κ1) is 6.29. The van der Waals surface area contributed by atoms with E-state index in [4.69, 9.17) is 9.52 Å². The average Bonchev–Trinajstić information content (AvgIpc) is 2.37. The highest BCUT2D eigenvalue weighted by Gasteiger charge is 2.06. The number of aliphatic hydroxyl groups excluding tert-OH is 1. The van der Waals surface area contributed by atoms with Gasteiger partial charge in [0.1, 0.15) is 6.26 Å². The molecule has 0 radical (unpaired) electrons. The van der Waals surface area contributed by atoms with Crippen molar-refractivity contribution >= 4 is 0 Å². The topological polar surface area (TPSA) is 46.3 Å². The molecule has 1 rings (SSSR count). The van der Waals surface area contributed by atoms with Crippen LogP contribution in [-0.2, 0) is 0 Å². The van der Waals surface area contributed by atoms with Crippen LogP contribution in [-0.4, -0.2) is 16.7 Å². The molecule has 1 aromatic heterocycles. The van der Waals surface area contributed by atoms with Crippen molar-refractivity contribution in [3.8, 4) is 0 Å². The molecule has 0 aliphatic heterocycles. The standard InChI is InChI=1S/C6H9NO2/c1-5(4-8)6-7-2-3-9-6/h2-3,5,8H,4H2,1H3. The first-order valence-electron chi connectivity index (χ1n) is 2.85. The van der Waals surface area contributed by atoms with E-state index < -0.39 is 0 Å². The minimum atomic E-state index is 0.0139. The smallest absolute Gasteiger partial charge is 0.199 e. The normalized spacial score (nSPS) is 13.6. The maximum absolute atomic E-state index is 8.61. The number of hydrogen-bond acceptors (Lipinski definition) is 3. The summed E-state index contributed by atoms with van der Waals surface area (Å²) in [5.74, 6) is 0.609. The zero-order chi connectivity index (χ0) is 6.69. The Morgan fingerprint density at radius 1 is 1.89 bits per heavy atom. The molecule has 0 spiro atoms. The Morgan fingerprint density at radius 3 is 3.11 bits per heavy atom. The van der Waals surface area contributed by atoms with E-state index in [-0.39, 0.29) is 12.5 Å². The van der Waals surface area contributed by atoms with Gasteiger partial charge in [0.2, 0.25) is 0 Å². The Kier molecular flexibility index (Phi) is 1.85. The fourth-order valence-corrected chi connectivity index (χ4v) is 0.556. The molecule has 0 amide bonds. The van der Waals surface area contributed by atoms with E-state index in [2.05, 4.69) is 4.98 Å². The van der Waals surface area contributed by atoms with Gasteiger partial charge >= 0.3 is 0 Å². The van der Waals surface area contributed by atoms with Crippen molar-refractivity contribution < 1.29 is 9.52 Å². The zero-order valence-corrected chi connectivity index (χ0v) is 5.24. The highest BCUT2D eigenvalue weighted by atomic mass is 16.3. The lowest BCUT2D eigenvalue weighted by Crippen LogP contribution is -1.97. The number of hydrogen-bond donors (Lipinski definition) is 1. The highest BCUT2D eigenvalue weighted by molar-refractivity contribution is 4.88. The van der Waals surface area contributed by atoms with Crippen LogP contribution in [0.5, 0.6) is 0 Å². The Balaban J connectivity index is 2.65. The molecule has 0 saturated carbocycles. The van der Waals surface area contributed by atoms with Crippen LogP contribution in [0.25, 0.3) is 0 Å². The summed E-state index contributed by atoms with van der Waals surface area (Å²) in [6.45, 7) is 1.94. The molecule has 3 heteroatoms. The molecule has 1 unspecified atom stereocenters. The molecule has 0 bridgehead atoms. The second-order valence-electron chi connectivity index (χ2n) is 1.95. The van der Waals surface area contributed by atoms with Gasteiger partial charge in [0.25, 0.3) is 0 Å². The van der Waals surface area contributed by atoms with Gasteiger partial charge in [-0.25, -0.2) is 4.98 Å². The van der Waals surface area contributed by atoms with Gasteiger partial charge in [-0.3, -0.25) is 0 Å². The summed E-state index contributed by atoms with van der Waals surface area (Å²) in [6, 6.07) is 0. The molecule has 1 heterocycles. The van der Waals surface area contributed by atoms with E-state index in [1.54, 1.807) is 6.20 Å². The van der Waals surface area contributed by atoms with Gasteiger partial charge in [-0.15, -0.1) is 0 Å². The van der Waals surface area contributed by atoms with E-state index >= 15 is 0 Å². The van der Waals surface area contributed by atoms with Gasteiger partial charge in [0, 0.05) is 0 Å².